The number of nitrogens with two attached hydrogens (primary N) is 2. The second-order valence-electron chi connectivity index (χ2n) is 14.3. The van der Waals surface area contributed by atoms with Gasteiger partial charge in [-0.3, -0.25) is 9.79 Å². The topological polar surface area (TPSA) is 384 Å². The van der Waals surface area contributed by atoms with Crippen LogP contribution in [0.15, 0.2) is 56.8 Å². The first-order valence-electron chi connectivity index (χ1n) is 18.5. The number of aliphatic imine (C=N–C) groups is 1. The summed E-state index contributed by atoms with van der Waals surface area (Å²) in [6, 6.07) is 7.59. The lowest BCUT2D eigenvalue weighted by molar-refractivity contribution is -0.353. The number of H-pyrrole nitrogens is 1. The number of aromatic amines is 1. The number of nitrogens with one attached hydrogen (secondary N) is 1. The van der Waals surface area contributed by atoms with Gasteiger partial charge in [-0.1, -0.05) is 6.92 Å². The van der Waals surface area contributed by atoms with Crippen molar-refractivity contribution in [2.45, 2.75) is 93.5 Å². The van der Waals surface area contributed by atoms with E-state index in [2.05, 4.69) is 9.98 Å². The van der Waals surface area contributed by atoms with Crippen molar-refractivity contribution in [3.05, 3.63) is 69.6 Å². The van der Waals surface area contributed by atoms with E-state index in [0.717, 1.165) is 30.0 Å². The van der Waals surface area contributed by atoms with Crippen LogP contribution in [-0.4, -0.2) is 141 Å². The van der Waals surface area contributed by atoms with Gasteiger partial charge in [-0.15, -0.1) is 0 Å². The summed E-state index contributed by atoms with van der Waals surface area (Å²) in [5.74, 6) is -8.59. The maximum Gasteiger partial charge on any atom is 0.340 e. The van der Waals surface area contributed by atoms with Crippen LogP contribution in [-0.2, 0) is 36.6 Å². The average Bonchev–Trinajstić information content (AvgIpc) is 3.67. The predicted molar refractivity (Wildman–Crippen MR) is 202 cm³/mol. The summed E-state index contributed by atoms with van der Waals surface area (Å²) >= 11 is 0. The number of hydrogen-bond donors (Lipinski definition) is 13. The predicted octanol–water partition coefficient (Wildman–Crippen LogP) is -1.90. The van der Waals surface area contributed by atoms with Crippen LogP contribution in [0.2, 0.25) is 0 Å². The molecule has 0 bridgehead atoms. The molecule has 0 unspecified atom stereocenters. The second-order valence-corrected chi connectivity index (χ2v) is 14.3. The fourth-order valence-electron chi connectivity index (χ4n) is 6.96. The van der Waals surface area contributed by atoms with E-state index in [0.29, 0.717) is 12.0 Å². The van der Waals surface area contributed by atoms with Gasteiger partial charge in [0.1, 0.15) is 64.9 Å². The third-order valence-electron chi connectivity index (χ3n) is 10.2. The number of aliphatic hydroxyl groups is 6. The number of phenols is 3. The molecule has 0 radical (unpaired) electrons. The Hall–Kier alpha value is -5.98. The Balaban J connectivity index is 1.38. The number of aromatic hydroxyl groups is 3. The molecule has 4 aromatic rings. The molecule has 6 rings (SSSR count). The standard InChI is InChI=1S/C38H44N4O18/c1-2-16-8-14(13-42-16)9-17-22(12-23-24(25(17)46)20(45)11-21(56-23)15-4-5-18(43)19(44)10-15)57-36-30(51)26(47)27(48)32(58-36)35(55)60-38(6-3-7-41-37(39)40)33(52)29(50)28(49)31(59-38)34(53)54/h4-5,8,10-13,26-33,36,42-44,46-52H,2-3,6-7,9H2,1H3,(H,53,54)(H4,39,40,41)/t26-,27-,28-,29-,30+,31-,32-,33+,36-,38+/m0/s1. The lowest BCUT2D eigenvalue weighted by atomic mass is 9.89. The van der Waals surface area contributed by atoms with Crippen molar-refractivity contribution >= 4 is 28.9 Å². The maximum atomic E-state index is 13.9. The number of benzene rings is 2. The number of aliphatic hydroxyl groups excluding tert-OH is 6. The summed E-state index contributed by atoms with van der Waals surface area (Å²) in [5, 5.41) is 106. The smallest absolute Gasteiger partial charge is 0.340 e. The van der Waals surface area contributed by atoms with Gasteiger partial charge in [-0.25, -0.2) is 9.59 Å². The number of aromatic nitrogens is 1. The molecule has 2 aliphatic heterocycles. The summed E-state index contributed by atoms with van der Waals surface area (Å²) in [6.07, 6.45) is -18.7. The van der Waals surface area contributed by atoms with Gasteiger partial charge in [0.05, 0.1) is 0 Å². The monoisotopic (exact) mass is 844 g/mol. The molecule has 60 heavy (non-hydrogen) atoms. The van der Waals surface area contributed by atoms with E-state index in [1.807, 2.05) is 6.92 Å². The highest BCUT2D eigenvalue weighted by Crippen LogP contribution is 2.41. The molecule has 0 saturated carbocycles. The summed E-state index contributed by atoms with van der Waals surface area (Å²) in [5.41, 5.74) is 11.2. The number of hydrogen-bond acceptors (Lipinski definition) is 18. The normalized spacial score (nSPS) is 27.9. The minimum Gasteiger partial charge on any atom is -0.507 e. The van der Waals surface area contributed by atoms with Crippen molar-refractivity contribution in [2.75, 3.05) is 6.54 Å². The third kappa shape index (κ3) is 8.53. The van der Waals surface area contributed by atoms with Crippen LogP contribution in [0.5, 0.6) is 23.0 Å². The quantitative estimate of drug-likeness (QED) is 0.0230. The van der Waals surface area contributed by atoms with E-state index in [9.17, 15) is 65.4 Å². The van der Waals surface area contributed by atoms with Crippen molar-refractivity contribution < 1.29 is 84.0 Å². The van der Waals surface area contributed by atoms with Crippen LogP contribution in [0, 0.1) is 0 Å². The van der Waals surface area contributed by atoms with E-state index < -0.39 is 102 Å². The molecule has 2 fully saturated rings. The molecule has 2 aromatic carbocycles. The van der Waals surface area contributed by atoms with E-state index in [1.165, 1.54) is 6.07 Å². The van der Waals surface area contributed by atoms with E-state index in [1.54, 1.807) is 12.3 Å². The highest BCUT2D eigenvalue weighted by molar-refractivity contribution is 5.88. The second kappa shape index (κ2) is 17.3. The molecule has 0 aliphatic carbocycles. The number of carbonyl (C=O) groups excluding carboxylic acids is 1. The first-order valence-corrected chi connectivity index (χ1v) is 18.5. The molecule has 22 heteroatoms. The summed E-state index contributed by atoms with van der Waals surface area (Å²) in [7, 11) is 0. The largest absolute Gasteiger partial charge is 0.507 e. The Bertz CT molecular complexity index is 2330. The Labute approximate surface area is 338 Å². The Morgan fingerprint density at radius 3 is 2.28 bits per heavy atom. The van der Waals surface area contributed by atoms with Gasteiger partial charge < -0.3 is 90.9 Å². The first-order chi connectivity index (χ1) is 28.3. The summed E-state index contributed by atoms with van der Waals surface area (Å²) in [4.78, 5) is 46.2. The average molecular weight is 845 g/mol. The third-order valence-corrected chi connectivity index (χ3v) is 10.2. The molecule has 2 aliphatic rings. The molecule has 10 atom stereocenters. The number of rotatable bonds is 13. The molecule has 15 N–H and O–H groups in total. The van der Waals surface area contributed by atoms with Crippen molar-refractivity contribution in [2.24, 2.45) is 16.5 Å². The number of phenolic OH excluding ortho intramolecular Hbond substituents is 3. The van der Waals surface area contributed by atoms with Crippen LogP contribution in [0.1, 0.15) is 36.6 Å². The van der Waals surface area contributed by atoms with Crippen molar-refractivity contribution in [3.63, 3.8) is 0 Å². The molecule has 324 valence electrons. The number of ether oxygens (including phenoxy) is 4. The maximum absolute atomic E-state index is 13.9. The Morgan fingerprint density at radius 1 is 0.917 bits per heavy atom. The van der Waals surface area contributed by atoms with Crippen molar-refractivity contribution in [1.82, 2.24) is 4.98 Å². The minimum atomic E-state index is -2.76. The van der Waals surface area contributed by atoms with E-state index in [4.69, 9.17) is 34.8 Å². The number of fused-ring (bicyclic) bond motifs is 1. The number of esters is 1. The van der Waals surface area contributed by atoms with Gasteiger partial charge >= 0.3 is 11.9 Å². The van der Waals surface area contributed by atoms with Gasteiger partial charge in [0.2, 0.25) is 12.1 Å². The van der Waals surface area contributed by atoms with E-state index >= 15 is 0 Å². The molecule has 2 aromatic heterocycles. The number of nitrogens with zero attached hydrogens (tertiary/aromatic N) is 1. The SMILES string of the molecule is CCc1cc(Cc2c(O[C@H]3O[C@H](C(=O)O[C@@]4(CCCN=C(N)N)O[C@H](C(=O)O)[C@@H](O)[C@H](O)[C@H]4O)[C@@H](O)[C@H](O)[C@H]3O)cc3oc(-c4ccc(O)c(O)c4)cc(=O)c3c2O)c[nH]1. The van der Waals surface area contributed by atoms with Gasteiger partial charge in [-0.2, -0.15) is 0 Å². The Morgan fingerprint density at radius 2 is 1.63 bits per heavy atom. The van der Waals surface area contributed by atoms with Crippen LogP contribution in [0.25, 0.3) is 22.3 Å². The Kier molecular flexibility index (Phi) is 12.6. The highest BCUT2D eigenvalue weighted by atomic mass is 16.8. The highest BCUT2D eigenvalue weighted by Gasteiger charge is 2.59. The van der Waals surface area contributed by atoms with Gasteiger partial charge in [-0.05, 0) is 42.7 Å². The van der Waals surface area contributed by atoms with Crippen LogP contribution >= 0.6 is 0 Å². The molecule has 2 saturated heterocycles. The van der Waals surface area contributed by atoms with Crippen molar-refractivity contribution in [1.29, 1.82) is 0 Å². The van der Waals surface area contributed by atoms with Gasteiger partial charge in [0.25, 0.3) is 0 Å². The number of guanidine groups is 1. The summed E-state index contributed by atoms with van der Waals surface area (Å²) in [6.45, 7) is 1.71. The fourth-order valence-corrected chi connectivity index (χ4v) is 6.96. The minimum absolute atomic E-state index is 0.0623. The van der Waals surface area contributed by atoms with Gasteiger partial charge in [0, 0.05) is 54.5 Å². The lowest BCUT2D eigenvalue weighted by Gasteiger charge is -2.47. The number of aliphatic carboxylic acids is 1. The van der Waals surface area contributed by atoms with Gasteiger partial charge in [0.15, 0.2) is 35.1 Å². The zero-order valence-electron chi connectivity index (χ0n) is 31.6. The van der Waals surface area contributed by atoms with Crippen molar-refractivity contribution in [3.8, 4) is 34.3 Å². The summed E-state index contributed by atoms with van der Waals surface area (Å²) < 4.78 is 28.5. The molecule has 0 amide bonds. The number of carbonyl (C=O) groups is 2. The van der Waals surface area contributed by atoms with Crippen LogP contribution in [0.4, 0.5) is 0 Å². The first kappa shape index (κ1) is 43.6. The zero-order chi connectivity index (χ0) is 43.8. The molecular formula is C38H44N4O18. The van der Waals surface area contributed by atoms with Crippen LogP contribution in [0.3, 0.4) is 0 Å². The number of carboxylic acids is 1. The lowest BCUT2D eigenvalue weighted by Crippen LogP contribution is -2.68. The fraction of sp³-hybridized carbons (Fsp3) is 0.421. The number of carboxylic acid groups (broad SMARTS) is 1. The molecule has 4 heterocycles. The zero-order valence-corrected chi connectivity index (χ0v) is 31.6. The van der Waals surface area contributed by atoms with Crippen LogP contribution < -0.4 is 21.6 Å². The van der Waals surface area contributed by atoms with E-state index in [-0.39, 0.29) is 59.0 Å². The molecule has 0 spiro atoms. The number of aryl methyl sites for hydroxylation is 1. The molecular weight excluding hydrogens is 800 g/mol. The molecule has 22 nitrogen and oxygen atoms in total.